The van der Waals surface area contributed by atoms with Crippen LogP contribution in [0.1, 0.15) is 0 Å². The molecular weight excluding hydrogens is 335 g/mol. The molecule has 0 aliphatic rings. The van der Waals surface area contributed by atoms with Crippen molar-refractivity contribution >= 4 is 6.15 Å². The molecule has 0 heterocycles. The number of hydrogen-bond acceptors (Lipinski definition) is 0. The monoisotopic (exact) mass is 343 g/mol. The normalized spacial score (nSPS) is 21.7. The van der Waals surface area contributed by atoms with E-state index in [1.807, 2.05) is 0 Å². The minimum Gasteiger partial charge on any atom is -0.284 e. The minimum atomic E-state index is -6.09. The highest BCUT2D eigenvalue weighted by Crippen LogP contribution is 2.40. The third-order valence-corrected chi connectivity index (χ3v) is 3.17. The molecule has 0 rings (SSSR count). The standard InChI is InChI=1S/C8H8BF12/c10-1(5(14)15)9(2(11)6(16)17,3(12)7(18)19)4(13)8(20)21/h1-8H/q-1. The lowest BCUT2D eigenvalue weighted by molar-refractivity contribution is 0.0118. The van der Waals surface area contributed by atoms with Gasteiger partial charge < -0.3 is 0 Å². The Morgan fingerprint density at radius 3 is 0.571 bits per heavy atom. The van der Waals surface area contributed by atoms with Gasteiger partial charge >= 0.3 is 0 Å². The third kappa shape index (κ3) is 3.71. The van der Waals surface area contributed by atoms with E-state index in [-0.39, 0.29) is 0 Å². The summed E-state index contributed by atoms with van der Waals surface area (Å²) in [5.74, 6) is 0. The van der Waals surface area contributed by atoms with Crippen LogP contribution in [0.15, 0.2) is 0 Å². The first kappa shape index (κ1) is 20.2. The van der Waals surface area contributed by atoms with E-state index in [0.29, 0.717) is 0 Å². The Kier molecular flexibility index (Phi) is 7.20. The van der Waals surface area contributed by atoms with E-state index in [2.05, 4.69) is 0 Å². The zero-order valence-electron chi connectivity index (χ0n) is 9.73. The molecule has 0 fully saturated rings. The van der Waals surface area contributed by atoms with Crippen molar-refractivity contribution < 1.29 is 52.7 Å². The van der Waals surface area contributed by atoms with Crippen LogP contribution in [0.3, 0.4) is 0 Å². The predicted molar refractivity (Wildman–Crippen MR) is 49.4 cm³/mol. The van der Waals surface area contributed by atoms with E-state index < -0.39 is 56.1 Å². The van der Waals surface area contributed by atoms with Crippen molar-refractivity contribution in [1.82, 2.24) is 0 Å². The summed E-state index contributed by atoms with van der Waals surface area (Å²) in [6.45, 7) is 0. The summed E-state index contributed by atoms with van der Waals surface area (Å²) in [5.41, 5.74) is 0. The highest BCUT2D eigenvalue weighted by molar-refractivity contribution is 6.85. The van der Waals surface area contributed by atoms with Gasteiger partial charge in [0.25, 0.3) is 0 Å². The molecule has 0 aromatic rings. The third-order valence-electron chi connectivity index (χ3n) is 3.17. The molecule has 13 heteroatoms. The fraction of sp³-hybridized carbons (Fsp3) is 1.00. The summed E-state index contributed by atoms with van der Waals surface area (Å²) in [4.78, 5) is 0. The largest absolute Gasteiger partial charge is 0.284 e. The van der Waals surface area contributed by atoms with E-state index in [1.54, 1.807) is 0 Å². The van der Waals surface area contributed by atoms with Gasteiger partial charge in [-0.2, -0.15) is 0 Å². The molecule has 4 atom stereocenters. The second kappa shape index (κ2) is 7.48. The van der Waals surface area contributed by atoms with Crippen molar-refractivity contribution in [3.05, 3.63) is 0 Å². The molecule has 0 N–H and O–H groups in total. The van der Waals surface area contributed by atoms with Crippen LogP contribution >= 0.6 is 0 Å². The summed E-state index contributed by atoms with van der Waals surface area (Å²) in [6.07, 6.45) is -42.9. The molecule has 0 aliphatic carbocycles. The lowest BCUT2D eigenvalue weighted by atomic mass is 9.14. The molecule has 0 radical (unpaired) electrons. The summed E-state index contributed by atoms with van der Waals surface area (Å²) in [5, 5.41) is 0. The molecule has 0 nitrogen and oxygen atoms in total. The minimum absolute atomic E-state index is 4.58. The molecule has 0 saturated carbocycles. The van der Waals surface area contributed by atoms with E-state index in [0.717, 1.165) is 0 Å². The van der Waals surface area contributed by atoms with E-state index in [9.17, 15) is 52.7 Å². The Hall–Kier alpha value is -0.775. The highest BCUT2D eigenvalue weighted by atomic mass is 19.3. The molecule has 0 aromatic heterocycles. The van der Waals surface area contributed by atoms with Crippen LogP contribution in [0.2, 0.25) is 0 Å². The van der Waals surface area contributed by atoms with Gasteiger partial charge in [-0.3, -0.25) is 17.6 Å². The van der Waals surface area contributed by atoms with E-state index in [1.165, 1.54) is 0 Å². The maximum absolute atomic E-state index is 13.2. The first-order valence-electron chi connectivity index (χ1n) is 5.29. The number of hydrogen-bond donors (Lipinski definition) is 0. The maximum atomic E-state index is 13.2. The second-order valence-corrected chi connectivity index (χ2v) is 4.27. The summed E-state index contributed by atoms with van der Waals surface area (Å²) in [6, 6.07) is 0. The quantitative estimate of drug-likeness (QED) is 0.462. The molecule has 0 bridgehead atoms. The molecule has 4 unspecified atom stereocenters. The Balaban J connectivity index is 6.20. The van der Waals surface area contributed by atoms with Gasteiger partial charge in [0.05, 0.1) is 0 Å². The van der Waals surface area contributed by atoms with E-state index >= 15 is 0 Å². The van der Waals surface area contributed by atoms with Gasteiger partial charge in [0.2, 0.25) is 25.7 Å². The lowest BCUT2D eigenvalue weighted by Crippen LogP contribution is -2.74. The van der Waals surface area contributed by atoms with Crippen LogP contribution in [0.4, 0.5) is 52.7 Å². The Morgan fingerprint density at radius 2 is 0.476 bits per heavy atom. The van der Waals surface area contributed by atoms with Crippen LogP contribution in [-0.4, -0.2) is 56.1 Å². The molecule has 0 saturated heterocycles. The van der Waals surface area contributed by atoms with Gasteiger partial charge in [0.1, 0.15) is 0 Å². The van der Waals surface area contributed by atoms with Crippen LogP contribution in [0.25, 0.3) is 0 Å². The number of alkyl halides is 12. The fourth-order valence-electron chi connectivity index (χ4n) is 2.06. The Bertz CT molecular complexity index is 248. The van der Waals surface area contributed by atoms with Gasteiger partial charge in [-0.1, -0.05) is 0 Å². The average Bonchev–Trinajstić information content (AvgIpc) is 2.37. The topological polar surface area (TPSA) is 0 Å². The zero-order chi connectivity index (χ0) is 17.1. The average molecular weight is 343 g/mol. The first-order valence-corrected chi connectivity index (χ1v) is 5.29. The van der Waals surface area contributed by atoms with Crippen molar-refractivity contribution in [2.24, 2.45) is 0 Å². The number of rotatable bonds is 8. The van der Waals surface area contributed by atoms with Crippen molar-refractivity contribution in [3.63, 3.8) is 0 Å². The fourth-order valence-corrected chi connectivity index (χ4v) is 2.06. The maximum Gasteiger partial charge on any atom is 0.237 e. The molecule has 0 aliphatic heterocycles. The van der Waals surface area contributed by atoms with Crippen LogP contribution < -0.4 is 0 Å². The van der Waals surface area contributed by atoms with Crippen LogP contribution in [0, 0.1) is 0 Å². The Labute approximate surface area is 110 Å². The predicted octanol–water partition coefficient (Wildman–Crippen LogP) is 4.00. The van der Waals surface area contributed by atoms with Crippen molar-refractivity contribution in [3.8, 4) is 0 Å². The van der Waals surface area contributed by atoms with Gasteiger partial charge in [-0.25, -0.2) is 35.1 Å². The van der Waals surface area contributed by atoms with E-state index in [4.69, 9.17) is 0 Å². The lowest BCUT2D eigenvalue weighted by Gasteiger charge is -2.47. The molecule has 0 spiro atoms. The zero-order valence-corrected chi connectivity index (χ0v) is 9.73. The van der Waals surface area contributed by atoms with Crippen molar-refractivity contribution in [2.45, 2.75) is 50.0 Å². The number of halogens is 12. The summed E-state index contributed by atoms with van der Waals surface area (Å²) < 4.78 is 151. The van der Waals surface area contributed by atoms with Gasteiger partial charge in [0, 0.05) is 24.3 Å². The van der Waals surface area contributed by atoms with Crippen LogP contribution in [0.5, 0.6) is 0 Å². The first-order chi connectivity index (χ1) is 9.42. The second-order valence-electron chi connectivity index (χ2n) is 4.27. The van der Waals surface area contributed by atoms with Crippen molar-refractivity contribution in [1.29, 1.82) is 0 Å². The summed E-state index contributed by atoms with van der Waals surface area (Å²) in [7, 11) is 0. The summed E-state index contributed by atoms with van der Waals surface area (Å²) >= 11 is 0. The highest BCUT2D eigenvalue weighted by Gasteiger charge is 2.63. The molecule has 0 amide bonds. The van der Waals surface area contributed by atoms with Gasteiger partial charge in [-0.05, 0) is 0 Å². The SMILES string of the molecule is FC(F)C(F)[B-](C(F)C(F)F)(C(F)C(F)F)C(F)C(F)F. The van der Waals surface area contributed by atoms with Gasteiger partial charge in [0.15, 0.2) is 6.15 Å². The van der Waals surface area contributed by atoms with Crippen LogP contribution in [-0.2, 0) is 0 Å². The molecular formula is C8H8BF12-. The Morgan fingerprint density at radius 1 is 0.333 bits per heavy atom. The molecule has 21 heavy (non-hydrogen) atoms. The molecule has 0 aromatic carbocycles. The molecule has 128 valence electrons. The smallest absolute Gasteiger partial charge is 0.237 e. The van der Waals surface area contributed by atoms with Gasteiger partial charge in [-0.15, -0.1) is 0 Å². The van der Waals surface area contributed by atoms with Crippen molar-refractivity contribution in [2.75, 3.05) is 0 Å².